The van der Waals surface area contributed by atoms with Crippen LogP contribution in [-0.4, -0.2) is 53.5 Å². The first-order valence-corrected chi connectivity index (χ1v) is 12.6. The fourth-order valence-corrected chi connectivity index (χ4v) is 4.69. The molecule has 1 fully saturated rings. The van der Waals surface area contributed by atoms with Crippen molar-refractivity contribution in [2.75, 3.05) is 19.8 Å². The minimum atomic E-state index is -0.564. The molecule has 7 nitrogen and oxygen atoms in total. The van der Waals surface area contributed by atoms with Crippen molar-refractivity contribution in [2.24, 2.45) is 11.8 Å². The van der Waals surface area contributed by atoms with Crippen LogP contribution in [0.3, 0.4) is 0 Å². The lowest BCUT2D eigenvalue weighted by molar-refractivity contribution is -0.144. The summed E-state index contributed by atoms with van der Waals surface area (Å²) >= 11 is 6.53. The molecule has 1 aliphatic rings. The van der Waals surface area contributed by atoms with Crippen LogP contribution in [0.2, 0.25) is 0 Å². The van der Waals surface area contributed by atoms with E-state index in [2.05, 4.69) is 0 Å². The number of hydrogen-bond acceptors (Lipinski definition) is 7. The molecule has 194 valence electrons. The van der Waals surface area contributed by atoms with E-state index in [1.54, 1.807) is 48.5 Å². The van der Waals surface area contributed by atoms with Gasteiger partial charge in [-0.3, -0.25) is 4.79 Å². The number of allylic oxidation sites excluding steroid dienone is 2. The molecule has 1 aliphatic carbocycles. The quantitative estimate of drug-likeness (QED) is 0.132. The molecule has 0 heterocycles. The fraction of sp³-hybridized carbons (Fsp3) is 0.429. The topological polar surface area (TPSA) is 102 Å². The van der Waals surface area contributed by atoms with E-state index >= 15 is 0 Å². The van der Waals surface area contributed by atoms with Gasteiger partial charge in [-0.05, 0) is 55.9 Å². The summed E-state index contributed by atoms with van der Waals surface area (Å²) in [4.78, 5) is 23.8. The van der Waals surface area contributed by atoms with Crippen molar-refractivity contribution in [2.45, 2.75) is 43.6 Å². The lowest BCUT2D eigenvalue weighted by atomic mass is 9.92. The summed E-state index contributed by atoms with van der Waals surface area (Å²) in [7, 11) is 0. The third-order valence-electron chi connectivity index (χ3n) is 6.12. The third-order valence-corrected chi connectivity index (χ3v) is 6.63. The first-order chi connectivity index (χ1) is 17.5. The van der Waals surface area contributed by atoms with Crippen molar-refractivity contribution in [1.29, 1.82) is 0 Å². The average Bonchev–Trinajstić information content (AvgIpc) is 3.15. The number of carbonyl (C=O) groups is 2. The number of rotatable bonds is 13. The van der Waals surface area contributed by atoms with Crippen molar-refractivity contribution < 1.29 is 34.0 Å². The van der Waals surface area contributed by atoms with E-state index in [1.165, 1.54) is 0 Å². The number of aliphatic hydroxyl groups excluding tert-OH is 2. The standard InChI is InChI=1S/C28H33ClO7/c29-25-18-26(31)24(23(25)13-6-1-2-7-14-27(32)34-16-15-30)19-35-21-11-8-12-22(17-21)36-28(33)20-9-4-3-5-10-20/h1,3-6,8-12,17,23-26,30-31H,2,7,13-16,18-19H2/b6-1-/t23-,24-,25-,26-/m1/s1. The first kappa shape index (κ1) is 27.7. The summed E-state index contributed by atoms with van der Waals surface area (Å²) in [6.07, 6.45) is 6.38. The molecule has 0 aromatic heterocycles. The minimum absolute atomic E-state index is 0.0301. The Morgan fingerprint density at radius 1 is 1.03 bits per heavy atom. The van der Waals surface area contributed by atoms with Gasteiger partial charge in [-0.25, -0.2) is 4.79 Å². The van der Waals surface area contributed by atoms with Gasteiger partial charge in [0, 0.05) is 23.8 Å². The Balaban J connectivity index is 1.48. The van der Waals surface area contributed by atoms with Crippen LogP contribution in [-0.2, 0) is 9.53 Å². The normalized spacial score (nSPS) is 21.4. The van der Waals surface area contributed by atoms with Gasteiger partial charge in [0.2, 0.25) is 0 Å². The Labute approximate surface area is 216 Å². The molecule has 36 heavy (non-hydrogen) atoms. The summed E-state index contributed by atoms with van der Waals surface area (Å²) in [6.45, 7) is 0.147. The highest BCUT2D eigenvalue weighted by Gasteiger charge is 2.41. The van der Waals surface area contributed by atoms with E-state index in [0.717, 1.165) is 6.42 Å². The van der Waals surface area contributed by atoms with Crippen LogP contribution in [0.5, 0.6) is 11.5 Å². The Morgan fingerprint density at radius 2 is 1.81 bits per heavy atom. The number of halogens is 1. The molecule has 0 unspecified atom stereocenters. The molecule has 3 rings (SSSR count). The van der Waals surface area contributed by atoms with Gasteiger partial charge in [-0.15, -0.1) is 11.6 Å². The minimum Gasteiger partial charge on any atom is -0.493 e. The van der Waals surface area contributed by atoms with E-state index in [1.807, 2.05) is 18.2 Å². The number of unbranched alkanes of at least 4 members (excludes halogenated alkanes) is 1. The molecule has 4 atom stereocenters. The van der Waals surface area contributed by atoms with Gasteiger partial charge < -0.3 is 24.4 Å². The van der Waals surface area contributed by atoms with E-state index in [9.17, 15) is 14.7 Å². The van der Waals surface area contributed by atoms with Gasteiger partial charge >= 0.3 is 11.9 Å². The fourth-order valence-electron chi connectivity index (χ4n) is 4.22. The average molecular weight is 517 g/mol. The molecular weight excluding hydrogens is 484 g/mol. The number of ether oxygens (including phenoxy) is 3. The summed E-state index contributed by atoms with van der Waals surface area (Å²) in [5, 5.41) is 19.1. The van der Waals surface area contributed by atoms with Gasteiger partial charge in [0.05, 0.1) is 24.9 Å². The van der Waals surface area contributed by atoms with E-state index in [4.69, 9.17) is 30.9 Å². The first-order valence-electron chi connectivity index (χ1n) is 12.2. The van der Waals surface area contributed by atoms with Gasteiger partial charge in [-0.2, -0.15) is 0 Å². The van der Waals surface area contributed by atoms with Crippen LogP contribution in [0.1, 0.15) is 42.5 Å². The van der Waals surface area contributed by atoms with Crippen LogP contribution in [0, 0.1) is 11.8 Å². The maximum absolute atomic E-state index is 12.3. The maximum Gasteiger partial charge on any atom is 0.343 e. The lowest BCUT2D eigenvalue weighted by Gasteiger charge is -2.22. The Kier molecular flexibility index (Phi) is 11.3. The summed E-state index contributed by atoms with van der Waals surface area (Å²) in [6, 6.07) is 15.6. The largest absolute Gasteiger partial charge is 0.493 e. The van der Waals surface area contributed by atoms with Crippen molar-refractivity contribution in [3.63, 3.8) is 0 Å². The van der Waals surface area contributed by atoms with Gasteiger partial charge in [0.25, 0.3) is 0 Å². The van der Waals surface area contributed by atoms with Crippen LogP contribution >= 0.6 is 11.6 Å². The molecule has 0 bridgehead atoms. The van der Waals surface area contributed by atoms with Crippen LogP contribution in [0.4, 0.5) is 0 Å². The molecule has 2 aromatic rings. The SMILES string of the molecule is O=C(CCC/C=C\C[C@@H]1[C@@H](COc2cccc(OC(=O)c3ccccc3)c2)[C@H](O)C[C@H]1Cl)OCCO. The van der Waals surface area contributed by atoms with Crippen LogP contribution in [0.25, 0.3) is 0 Å². The van der Waals surface area contributed by atoms with Crippen molar-refractivity contribution in [3.8, 4) is 11.5 Å². The molecule has 0 saturated heterocycles. The number of hydrogen-bond donors (Lipinski definition) is 2. The maximum atomic E-state index is 12.3. The number of benzene rings is 2. The molecule has 0 aliphatic heterocycles. The molecule has 0 spiro atoms. The van der Waals surface area contributed by atoms with Gasteiger partial charge in [0.1, 0.15) is 18.1 Å². The molecule has 0 amide bonds. The summed E-state index contributed by atoms with van der Waals surface area (Å²) < 4.78 is 16.3. The number of esters is 2. The van der Waals surface area contributed by atoms with Crippen LogP contribution < -0.4 is 9.47 Å². The Bertz CT molecular complexity index is 994. The number of carbonyl (C=O) groups excluding carboxylic acids is 2. The Hall–Kier alpha value is -2.87. The molecule has 8 heteroatoms. The van der Waals surface area contributed by atoms with Crippen LogP contribution in [0.15, 0.2) is 66.7 Å². The molecule has 1 saturated carbocycles. The number of aliphatic hydroxyl groups is 2. The third kappa shape index (κ3) is 8.66. The summed E-state index contributed by atoms with van der Waals surface area (Å²) in [5.74, 6) is 0.0723. The zero-order chi connectivity index (χ0) is 25.8. The lowest BCUT2D eigenvalue weighted by Crippen LogP contribution is -2.27. The molecule has 0 radical (unpaired) electrons. The highest BCUT2D eigenvalue weighted by Crippen LogP contribution is 2.39. The highest BCUT2D eigenvalue weighted by molar-refractivity contribution is 6.21. The van der Waals surface area contributed by atoms with Crippen molar-refractivity contribution in [1.82, 2.24) is 0 Å². The molecular formula is C28H33ClO7. The van der Waals surface area contributed by atoms with E-state index < -0.39 is 12.1 Å². The molecule has 2 aromatic carbocycles. The van der Waals surface area contributed by atoms with Crippen molar-refractivity contribution >= 4 is 23.5 Å². The zero-order valence-corrected chi connectivity index (χ0v) is 20.9. The number of alkyl halides is 1. The van der Waals surface area contributed by atoms with Gasteiger partial charge in [-0.1, -0.05) is 36.4 Å². The second-order valence-electron chi connectivity index (χ2n) is 8.73. The monoisotopic (exact) mass is 516 g/mol. The second-order valence-corrected chi connectivity index (χ2v) is 9.29. The Morgan fingerprint density at radius 3 is 2.58 bits per heavy atom. The predicted octanol–water partition coefficient (Wildman–Crippen LogP) is 4.54. The van der Waals surface area contributed by atoms with E-state index in [-0.39, 0.29) is 43.0 Å². The predicted molar refractivity (Wildman–Crippen MR) is 136 cm³/mol. The smallest absolute Gasteiger partial charge is 0.343 e. The highest BCUT2D eigenvalue weighted by atomic mass is 35.5. The van der Waals surface area contributed by atoms with E-state index in [0.29, 0.717) is 42.7 Å². The van der Waals surface area contributed by atoms with Gasteiger partial charge in [0.15, 0.2) is 0 Å². The molecule has 2 N–H and O–H groups in total. The second kappa shape index (κ2) is 14.6. The summed E-state index contributed by atoms with van der Waals surface area (Å²) in [5.41, 5.74) is 0.462. The zero-order valence-electron chi connectivity index (χ0n) is 20.1. The van der Waals surface area contributed by atoms with Crippen molar-refractivity contribution in [3.05, 3.63) is 72.3 Å².